The summed E-state index contributed by atoms with van der Waals surface area (Å²) in [6.07, 6.45) is 2.08. The zero-order chi connectivity index (χ0) is 15.4. The highest BCUT2D eigenvalue weighted by Gasteiger charge is 2.08. The number of nitrogens with zero attached hydrogens (tertiary/aromatic N) is 2. The lowest BCUT2D eigenvalue weighted by Gasteiger charge is -2.10. The lowest BCUT2D eigenvalue weighted by molar-refractivity contribution is -0.116. The summed E-state index contributed by atoms with van der Waals surface area (Å²) in [5.74, 6) is -0.298. The fraction of sp³-hybridized carbons (Fsp3) is 0.267. The van der Waals surface area contributed by atoms with Crippen molar-refractivity contribution < 1.29 is 4.79 Å². The van der Waals surface area contributed by atoms with E-state index in [0.29, 0.717) is 22.8 Å². The average Bonchev–Trinajstić information content (AvgIpc) is 2.46. The van der Waals surface area contributed by atoms with Crippen LogP contribution < -0.4 is 10.9 Å². The Morgan fingerprint density at radius 3 is 2.86 bits per heavy atom. The number of nitrogens with one attached hydrogen (secondary N) is 1. The molecule has 1 heterocycles. The third-order valence-electron chi connectivity index (χ3n) is 3.15. The highest BCUT2D eigenvalue weighted by atomic mass is 35.5. The van der Waals surface area contributed by atoms with Gasteiger partial charge >= 0.3 is 0 Å². The van der Waals surface area contributed by atoms with Crippen molar-refractivity contribution in [1.29, 1.82) is 0 Å². The van der Waals surface area contributed by atoms with Crippen LogP contribution in [0.2, 0.25) is 5.02 Å². The predicted molar refractivity (Wildman–Crippen MR) is 82.7 cm³/mol. The van der Waals surface area contributed by atoms with E-state index < -0.39 is 0 Å². The zero-order valence-electron chi connectivity index (χ0n) is 11.9. The molecule has 1 N–H and O–H groups in total. The molecule has 0 aliphatic rings. The number of hydrogen-bond donors (Lipinski definition) is 1. The lowest BCUT2D eigenvalue weighted by Crippen LogP contribution is -2.28. The number of carbonyl (C=O) groups is 1. The van der Waals surface area contributed by atoms with Gasteiger partial charge in [0, 0.05) is 22.5 Å². The van der Waals surface area contributed by atoms with Crippen LogP contribution in [-0.2, 0) is 17.8 Å². The molecule has 0 atom stereocenters. The lowest BCUT2D eigenvalue weighted by atomic mass is 10.2. The van der Waals surface area contributed by atoms with E-state index in [0.717, 1.165) is 5.56 Å². The molecule has 5 nitrogen and oxygen atoms in total. The van der Waals surface area contributed by atoms with Crippen molar-refractivity contribution in [2.24, 2.45) is 0 Å². The smallest absolute Gasteiger partial charge is 0.253 e. The molecule has 21 heavy (non-hydrogen) atoms. The molecule has 0 fully saturated rings. The van der Waals surface area contributed by atoms with Gasteiger partial charge in [0.15, 0.2) is 0 Å². The minimum absolute atomic E-state index is 0.0816. The van der Waals surface area contributed by atoms with E-state index in [9.17, 15) is 9.59 Å². The second-order valence-corrected chi connectivity index (χ2v) is 5.07. The normalized spacial score (nSPS) is 10.4. The number of rotatable bonds is 4. The average molecular weight is 306 g/mol. The van der Waals surface area contributed by atoms with Crippen molar-refractivity contribution in [1.82, 2.24) is 9.55 Å². The molecule has 0 radical (unpaired) electrons. The molecule has 2 aromatic rings. The van der Waals surface area contributed by atoms with Gasteiger partial charge in [0.2, 0.25) is 5.91 Å². The van der Waals surface area contributed by atoms with Crippen LogP contribution in [0, 0.1) is 6.92 Å². The van der Waals surface area contributed by atoms with Gasteiger partial charge in [-0.2, -0.15) is 0 Å². The molecule has 0 aliphatic carbocycles. The number of hydrogen-bond acceptors (Lipinski definition) is 3. The second-order valence-electron chi connectivity index (χ2n) is 4.66. The maximum Gasteiger partial charge on any atom is 0.253 e. The Balaban J connectivity index is 2.12. The number of aryl methyl sites for hydroxylation is 1. The Hall–Kier alpha value is -2.14. The Morgan fingerprint density at radius 1 is 1.43 bits per heavy atom. The van der Waals surface area contributed by atoms with Crippen molar-refractivity contribution in [3.05, 3.63) is 57.2 Å². The van der Waals surface area contributed by atoms with E-state index in [-0.39, 0.29) is 18.0 Å². The molecule has 6 heteroatoms. The number of benzene rings is 1. The standard InChI is InChI=1S/C15H16ClN3O2/c1-3-11-7-15(21)19(9-17-11)8-14(20)18-13-6-4-5-12(16)10(13)2/h4-7,9H,3,8H2,1-2H3,(H,18,20). The minimum atomic E-state index is -0.298. The first kappa shape index (κ1) is 15.3. The van der Waals surface area contributed by atoms with Crippen LogP contribution in [0.3, 0.4) is 0 Å². The quantitative estimate of drug-likeness (QED) is 0.943. The summed E-state index contributed by atoms with van der Waals surface area (Å²) in [6, 6.07) is 6.72. The van der Waals surface area contributed by atoms with Gasteiger partial charge in [-0.1, -0.05) is 24.6 Å². The van der Waals surface area contributed by atoms with Gasteiger partial charge in [-0.3, -0.25) is 14.2 Å². The first-order chi connectivity index (χ1) is 10.0. The van der Waals surface area contributed by atoms with Gasteiger partial charge in [-0.25, -0.2) is 4.98 Å². The Morgan fingerprint density at radius 2 is 2.19 bits per heavy atom. The molecule has 0 saturated heterocycles. The maximum atomic E-state index is 12.0. The van der Waals surface area contributed by atoms with Crippen LogP contribution in [0.4, 0.5) is 5.69 Å². The van der Waals surface area contributed by atoms with E-state index in [2.05, 4.69) is 10.3 Å². The van der Waals surface area contributed by atoms with E-state index in [1.165, 1.54) is 17.0 Å². The summed E-state index contributed by atoms with van der Waals surface area (Å²) < 4.78 is 1.27. The Labute approximate surface area is 127 Å². The van der Waals surface area contributed by atoms with Crippen molar-refractivity contribution in [3.8, 4) is 0 Å². The number of aromatic nitrogens is 2. The van der Waals surface area contributed by atoms with Crippen molar-refractivity contribution >= 4 is 23.2 Å². The molecule has 0 unspecified atom stereocenters. The molecular weight excluding hydrogens is 290 g/mol. The van der Waals surface area contributed by atoms with Crippen LogP contribution in [0.25, 0.3) is 0 Å². The Kier molecular flexibility index (Phi) is 4.75. The first-order valence-electron chi connectivity index (χ1n) is 6.61. The monoisotopic (exact) mass is 305 g/mol. The van der Waals surface area contributed by atoms with Crippen LogP contribution in [-0.4, -0.2) is 15.5 Å². The molecular formula is C15H16ClN3O2. The largest absolute Gasteiger partial charge is 0.324 e. The van der Waals surface area contributed by atoms with Gasteiger partial charge in [0.1, 0.15) is 6.54 Å². The Bertz CT molecular complexity index is 725. The number of carbonyl (C=O) groups excluding carboxylic acids is 1. The molecule has 1 aromatic carbocycles. The van der Waals surface area contributed by atoms with Crippen LogP contribution >= 0.6 is 11.6 Å². The van der Waals surface area contributed by atoms with E-state index in [1.807, 2.05) is 13.8 Å². The summed E-state index contributed by atoms with van der Waals surface area (Å²) in [5, 5.41) is 3.33. The second kappa shape index (κ2) is 6.54. The van der Waals surface area contributed by atoms with Crippen LogP contribution in [0.1, 0.15) is 18.2 Å². The van der Waals surface area contributed by atoms with Gasteiger partial charge < -0.3 is 5.32 Å². The summed E-state index contributed by atoms with van der Waals surface area (Å²) in [4.78, 5) is 28.0. The van der Waals surface area contributed by atoms with Gasteiger partial charge in [0.25, 0.3) is 5.56 Å². The molecule has 0 bridgehead atoms. The summed E-state index contributed by atoms with van der Waals surface area (Å²) in [5.41, 5.74) is 1.90. The van der Waals surface area contributed by atoms with Crippen LogP contribution in [0.15, 0.2) is 35.4 Å². The third-order valence-corrected chi connectivity index (χ3v) is 3.56. The molecule has 1 amide bonds. The van der Waals surface area contributed by atoms with Gasteiger partial charge in [-0.05, 0) is 31.0 Å². The number of amides is 1. The van der Waals surface area contributed by atoms with Crippen molar-refractivity contribution in [2.45, 2.75) is 26.8 Å². The van der Waals surface area contributed by atoms with Gasteiger partial charge in [-0.15, -0.1) is 0 Å². The summed E-state index contributed by atoms with van der Waals surface area (Å²) in [7, 11) is 0. The van der Waals surface area contributed by atoms with Crippen molar-refractivity contribution in [2.75, 3.05) is 5.32 Å². The fourth-order valence-corrected chi connectivity index (χ4v) is 2.04. The molecule has 0 spiro atoms. The zero-order valence-corrected chi connectivity index (χ0v) is 12.6. The number of halogens is 1. The van der Waals surface area contributed by atoms with Crippen LogP contribution in [0.5, 0.6) is 0 Å². The number of anilines is 1. The van der Waals surface area contributed by atoms with E-state index >= 15 is 0 Å². The summed E-state index contributed by atoms with van der Waals surface area (Å²) in [6.45, 7) is 3.66. The first-order valence-corrected chi connectivity index (χ1v) is 6.99. The molecule has 0 aliphatic heterocycles. The van der Waals surface area contributed by atoms with E-state index in [4.69, 9.17) is 11.6 Å². The molecule has 2 rings (SSSR count). The molecule has 1 aromatic heterocycles. The fourth-order valence-electron chi connectivity index (χ4n) is 1.86. The van der Waals surface area contributed by atoms with Gasteiger partial charge in [0.05, 0.1) is 6.33 Å². The highest BCUT2D eigenvalue weighted by Crippen LogP contribution is 2.22. The molecule has 110 valence electrons. The van der Waals surface area contributed by atoms with E-state index in [1.54, 1.807) is 18.2 Å². The predicted octanol–water partition coefficient (Wildman–Crippen LogP) is 2.41. The minimum Gasteiger partial charge on any atom is -0.324 e. The molecule has 0 saturated carbocycles. The SMILES string of the molecule is CCc1cc(=O)n(CC(=O)Nc2cccc(Cl)c2C)cn1. The third kappa shape index (κ3) is 3.70. The maximum absolute atomic E-state index is 12.0. The topological polar surface area (TPSA) is 64.0 Å². The van der Waals surface area contributed by atoms with Crippen molar-refractivity contribution in [3.63, 3.8) is 0 Å². The highest BCUT2D eigenvalue weighted by molar-refractivity contribution is 6.31. The summed E-state index contributed by atoms with van der Waals surface area (Å²) >= 11 is 6.00.